The van der Waals surface area contributed by atoms with E-state index in [1.165, 1.54) is 32.1 Å². The number of ether oxygens (including phenoxy) is 1. The number of carbonyl (C=O) groups is 1. The molecular formula is C17H26N2O2. The molecule has 0 spiro atoms. The lowest BCUT2D eigenvalue weighted by molar-refractivity contribution is 0.0382. The molecule has 4 heteroatoms. The normalized spacial score (nSPS) is 16.7. The topological polar surface area (TPSA) is 64.3 Å². The fraction of sp³-hybridized carbons (Fsp3) is 0.588. The van der Waals surface area contributed by atoms with Crippen LogP contribution in [0.2, 0.25) is 0 Å². The number of hydrogen-bond acceptors (Lipinski definition) is 4. The van der Waals surface area contributed by atoms with Crippen molar-refractivity contribution in [1.82, 2.24) is 5.32 Å². The molecule has 1 aromatic carbocycles. The van der Waals surface area contributed by atoms with Crippen molar-refractivity contribution in [3.8, 4) is 0 Å². The fourth-order valence-electron chi connectivity index (χ4n) is 2.79. The Morgan fingerprint density at radius 3 is 2.48 bits per heavy atom. The van der Waals surface area contributed by atoms with E-state index in [-0.39, 0.29) is 11.5 Å². The highest BCUT2D eigenvalue weighted by Gasteiger charge is 2.25. The van der Waals surface area contributed by atoms with Gasteiger partial charge in [0.05, 0.1) is 5.56 Å². The first-order valence-electron chi connectivity index (χ1n) is 7.77. The van der Waals surface area contributed by atoms with Crippen LogP contribution in [0.15, 0.2) is 24.3 Å². The van der Waals surface area contributed by atoms with Gasteiger partial charge in [0.2, 0.25) is 0 Å². The van der Waals surface area contributed by atoms with Gasteiger partial charge in [-0.1, -0.05) is 19.3 Å². The monoisotopic (exact) mass is 290 g/mol. The van der Waals surface area contributed by atoms with E-state index < -0.39 is 0 Å². The van der Waals surface area contributed by atoms with Crippen molar-refractivity contribution in [3.63, 3.8) is 0 Å². The van der Waals surface area contributed by atoms with Gasteiger partial charge in [0.25, 0.3) is 0 Å². The molecule has 0 atom stereocenters. The molecule has 1 aromatic rings. The van der Waals surface area contributed by atoms with E-state index in [0.717, 1.165) is 0 Å². The SMILES string of the molecule is CC(C)(COC(=O)c1ccc(N)cc1)NC1CCCCC1. The maximum absolute atomic E-state index is 12.0. The average Bonchev–Trinajstić information content (AvgIpc) is 2.46. The maximum atomic E-state index is 12.0. The third-order valence-electron chi connectivity index (χ3n) is 3.91. The number of carbonyl (C=O) groups excluding carboxylic acids is 1. The Kier molecular flexibility index (Phi) is 5.23. The average molecular weight is 290 g/mol. The summed E-state index contributed by atoms with van der Waals surface area (Å²) < 4.78 is 5.43. The molecule has 1 fully saturated rings. The lowest BCUT2D eigenvalue weighted by Crippen LogP contribution is -2.50. The van der Waals surface area contributed by atoms with Crippen molar-refractivity contribution in [1.29, 1.82) is 0 Å². The standard InChI is InChI=1S/C17H26N2O2/c1-17(2,19-15-6-4-3-5-7-15)12-21-16(20)13-8-10-14(18)11-9-13/h8-11,15,19H,3-7,12,18H2,1-2H3. The molecule has 116 valence electrons. The zero-order valence-electron chi connectivity index (χ0n) is 13.0. The number of nitrogens with one attached hydrogen (secondary N) is 1. The number of benzene rings is 1. The van der Waals surface area contributed by atoms with Crippen LogP contribution in [0.1, 0.15) is 56.3 Å². The van der Waals surface area contributed by atoms with Crippen LogP contribution in [0.3, 0.4) is 0 Å². The Morgan fingerprint density at radius 2 is 1.86 bits per heavy atom. The smallest absolute Gasteiger partial charge is 0.338 e. The quantitative estimate of drug-likeness (QED) is 0.646. The second-order valence-electron chi connectivity index (χ2n) is 6.56. The minimum Gasteiger partial charge on any atom is -0.460 e. The third kappa shape index (κ3) is 5.05. The summed E-state index contributed by atoms with van der Waals surface area (Å²) >= 11 is 0. The molecule has 4 nitrogen and oxygen atoms in total. The van der Waals surface area contributed by atoms with Crippen LogP contribution < -0.4 is 11.1 Å². The zero-order chi connectivity index (χ0) is 15.3. The van der Waals surface area contributed by atoms with Crippen LogP contribution in [0.25, 0.3) is 0 Å². The molecule has 0 aliphatic heterocycles. The zero-order valence-corrected chi connectivity index (χ0v) is 13.0. The molecule has 0 heterocycles. The minimum absolute atomic E-state index is 0.203. The second-order valence-corrected chi connectivity index (χ2v) is 6.56. The van der Waals surface area contributed by atoms with E-state index >= 15 is 0 Å². The minimum atomic E-state index is -0.298. The van der Waals surface area contributed by atoms with Gasteiger partial charge in [-0.05, 0) is 51.0 Å². The van der Waals surface area contributed by atoms with Crippen molar-refractivity contribution >= 4 is 11.7 Å². The van der Waals surface area contributed by atoms with Gasteiger partial charge in [-0.25, -0.2) is 4.79 Å². The molecule has 21 heavy (non-hydrogen) atoms. The largest absolute Gasteiger partial charge is 0.460 e. The molecule has 3 N–H and O–H groups in total. The van der Waals surface area contributed by atoms with Crippen molar-refractivity contribution in [2.75, 3.05) is 12.3 Å². The number of nitrogen functional groups attached to an aromatic ring is 1. The Balaban J connectivity index is 1.82. The summed E-state index contributed by atoms with van der Waals surface area (Å²) in [5.41, 5.74) is 6.59. The number of hydrogen-bond donors (Lipinski definition) is 2. The number of rotatable bonds is 5. The first-order chi connectivity index (χ1) is 9.96. The van der Waals surface area contributed by atoms with Crippen LogP contribution in [-0.4, -0.2) is 24.2 Å². The summed E-state index contributed by atoms with van der Waals surface area (Å²) in [6.45, 7) is 4.53. The number of anilines is 1. The molecule has 1 aliphatic rings. The van der Waals surface area contributed by atoms with Crippen molar-refractivity contribution in [2.24, 2.45) is 0 Å². The lowest BCUT2D eigenvalue weighted by Gasteiger charge is -2.33. The highest BCUT2D eigenvalue weighted by molar-refractivity contribution is 5.89. The van der Waals surface area contributed by atoms with E-state index in [4.69, 9.17) is 10.5 Å². The Bertz CT molecular complexity index is 462. The molecule has 0 unspecified atom stereocenters. The highest BCUT2D eigenvalue weighted by Crippen LogP contribution is 2.20. The second kappa shape index (κ2) is 6.94. The van der Waals surface area contributed by atoms with Crippen molar-refractivity contribution in [3.05, 3.63) is 29.8 Å². The van der Waals surface area contributed by atoms with Gasteiger partial charge >= 0.3 is 5.97 Å². The van der Waals surface area contributed by atoms with E-state index in [1.807, 2.05) is 0 Å². The van der Waals surface area contributed by atoms with Crippen molar-refractivity contribution < 1.29 is 9.53 Å². The molecule has 0 aromatic heterocycles. The van der Waals surface area contributed by atoms with Crippen LogP contribution in [-0.2, 0) is 4.74 Å². The van der Waals surface area contributed by atoms with Crippen LogP contribution >= 0.6 is 0 Å². The van der Waals surface area contributed by atoms with E-state index in [0.29, 0.717) is 23.9 Å². The Hall–Kier alpha value is -1.55. The molecule has 2 rings (SSSR count). The molecule has 1 aliphatic carbocycles. The molecule has 0 radical (unpaired) electrons. The highest BCUT2D eigenvalue weighted by atomic mass is 16.5. The lowest BCUT2D eigenvalue weighted by atomic mass is 9.93. The van der Waals surface area contributed by atoms with Gasteiger partial charge in [0, 0.05) is 17.3 Å². The molecular weight excluding hydrogens is 264 g/mol. The summed E-state index contributed by atoms with van der Waals surface area (Å²) in [7, 11) is 0. The molecule has 0 amide bonds. The Labute approximate surface area is 127 Å². The van der Waals surface area contributed by atoms with Crippen LogP contribution in [0.4, 0.5) is 5.69 Å². The summed E-state index contributed by atoms with van der Waals surface area (Å²) in [6, 6.07) is 7.35. The van der Waals surface area contributed by atoms with Gasteiger partial charge in [0.1, 0.15) is 6.61 Å². The first kappa shape index (κ1) is 15.8. The van der Waals surface area contributed by atoms with Gasteiger partial charge < -0.3 is 15.8 Å². The van der Waals surface area contributed by atoms with E-state index in [1.54, 1.807) is 24.3 Å². The van der Waals surface area contributed by atoms with Gasteiger partial charge in [0.15, 0.2) is 0 Å². The summed E-state index contributed by atoms with van der Waals surface area (Å²) in [6.07, 6.45) is 6.35. The molecule has 0 saturated heterocycles. The predicted octanol–water partition coefficient (Wildman–Crippen LogP) is 3.13. The fourth-order valence-corrected chi connectivity index (χ4v) is 2.79. The summed E-state index contributed by atoms with van der Waals surface area (Å²) in [5.74, 6) is -0.298. The third-order valence-corrected chi connectivity index (χ3v) is 3.91. The maximum Gasteiger partial charge on any atom is 0.338 e. The number of nitrogens with two attached hydrogens (primary N) is 1. The van der Waals surface area contributed by atoms with Crippen molar-refractivity contribution in [2.45, 2.75) is 57.5 Å². The molecule has 1 saturated carbocycles. The summed E-state index contributed by atoms with van der Waals surface area (Å²) in [5, 5.41) is 3.61. The number of esters is 1. The van der Waals surface area contributed by atoms with E-state index in [9.17, 15) is 4.79 Å². The molecule has 0 bridgehead atoms. The Morgan fingerprint density at radius 1 is 1.24 bits per heavy atom. The summed E-state index contributed by atoms with van der Waals surface area (Å²) in [4.78, 5) is 12.0. The predicted molar refractivity (Wildman–Crippen MR) is 85.2 cm³/mol. The van der Waals surface area contributed by atoms with E-state index in [2.05, 4.69) is 19.2 Å². The van der Waals surface area contributed by atoms with Gasteiger partial charge in [-0.2, -0.15) is 0 Å². The first-order valence-corrected chi connectivity index (χ1v) is 7.77. The van der Waals surface area contributed by atoms with Gasteiger partial charge in [-0.3, -0.25) is 0 Å². The van der Waals surface area contributed by atoms with Gasteiger partial charge in [-0.15, -0.1) is 0 Å². The van der Waals surface area contributed by atoms with Crippen LogP contribution in [0, 0.1) is 0 Å². The van der Waals surface area contributed by atoms with Crippen LogP contribution in [0.5, 0.6) is 0 Å².